The summed E-state index contributed by atoms with van der Waals surface area (Å²) in [5, 5.41) is 2.59. The van der Waals surface area contributed by atoms with Crippen molar-refractivity contribution >= 4 is 23.2 Å². The second-order valence-electron chi connectivity index (χ2n) is 5.52. The maximum absolute atomic E-state index is 12.1. The van der Waals surface area contributed by atoms with E-state index in [1.54, 1.807) is 17.0 Å². The molecule has 0 radical (unpaired) electrons. The fraction of sp³-hybridized carbons (Fsp3) is 0.467. The zero-order valence-corrected chi connectivity index (χ0v) is 12.0. The topological polar surface area (TPSA) is 75.4 Å². The van der Waals surface area contributed by atoms with E-state index in [0.29, 0.717) is 30.4 Å². The Hall–Kier alpha value is -2.04. The van der Waals surface area contributed by atoms with E-state index >= 15 is 0 Å². The van der Waals surface area contributed by atoms with Gasteiger partial charge in [0.2, 0.25) is 0 Å². The summed E-state index contributed by atoms with van der Waals surface area (Å²) < 4.78 is 0. The molecule has 5 nitrogen and oxygen atoms in total. The predicted octanol–water partition coefficient (Wildman–Crippen LogP) is 1.77. The smallest absolute Gasteiger partial charge is 0.313 e. The minimum Gasteiger partial charge on any atom is -0.397 e. The highest BCUT2D eigenvalue weighted by Crippen LogP contribution is 2.20. The van der Waals surface area contributed by atoms with Crippen molar-refractivity contribution < 1.29 is 9.59 Å². The van der Waals surface area contributed by atoms with Gasteiger partial charge in [0.05, 0.1) is 11.4 Å². The fourth-order valence-corrected chi connectivity index (χ4v) is 2.33. The Kier molecular flexibility index (Phi) is 4.27. The van der Waals surface area contributed by atoms with Gasteiger partial charge in [-0.2, -0.15) is 0 Å². The SMILES string of the molecule is Cc1ccc(NC(=O)C(=O)N2CCC(C)CC2)c(N)c1. The molecule has 1 fully saturated rings. The second-order valence-corrected chi connectivity index (χ2v) is 5.52. The number of nitrogen functional groups attached to an aromatic ring is 1. The number of hydrogen-bond donors (Lipinski definition) is 2. The zero-order valence-electron chi connectivity index (χ0n) is 12.0. The van der Waals surface area contributed by atoms with Crippen LogP contribution in [0.15, 0.2) is 18.2 Å². The second kappa shape index (κ2) is 5.94. The van der Waals surface area contributed by atoms with Crippen LogP contribution in [0.4, 0.5) is 11.4 Å². The number of aryl methyl sites for hydroxylation is 1. The van der Waals surface area contributed by atoms with Gasteiger partial charge >= 0.3 is 11.8 Å². The molecule has 1 aliphatic heterocycles. The Morgan fingerprint density at radius 3 is 2.55 bits per heavy atom. The van der Waals surface area contributed by atoms with Gasteiger partial charge in [0.15, 0.2) is 0 Å². The number of nitrogens with one attached hydrogen (secondary N) is 1. The molecule has 1 heterocycles. The van der Waals surface area contributed by atoms with E-state index in [2.05, 4.69) is 12.2 Å². The van der Waals surface area contributed by atoms with Crippen LogP contribution < -0.4 is 11.1 Å². The lowest BCUT2D eigenvalue weighted by molar-refractivity contribution is -0.144. The maximum atomic E-state index is 12.1. The summed E-state index contributed by atoms with van der Waals surface area (Å²) in [6.07, 6.45) is 1.90. The summed E-state index contributed by atoms with van der Waals surface area (Å²) in [6.45, 7) is 5.38. The van der Waals surface area contributed by atoms with Gasteiger partial charge in [-0.1, -0.05) is 13.0 Å². The van der Waals surface area contributed by atoms with Gasteiger partial charge in [-0.3, -0.25) is 9.59 Å². The van der Waals surface area contributed by atoms with Crippen LogP contribution in [-0.2, 0) is 9.59 Å². The first-order valence-electron chi connectivity index (χ1n) is 6.93. The first-order valence-corrected chi connectivity index (χ1v) is 6.93. The van der Waals surface area contributed by atoms with Gasteiger partial charge in [-0.05, 0) is 43.4 Å². The molecule has 0 aliphatic carbocycles. The van der Waals surface area contributed by atoms with E-state index < -0.39 is 11.8 Å². The standard InChI is InChI=1S/C15H21N3O2/c1-10-5-7-18(8-6-10)15(20)14(19)17-13-4-3-11(2)9-12(13)16/h3-4,9-10H,5-8,16H2,1-2H3,(H,17,19). The molecule has 20 heavy (non-hydrogen) atoms. The van der Waals surface area contributed by atoms with Crippen molar-refractivity contribution in [1.29, 1.82) is 0 Å². The van der Waals surface area contributed by atoms with E-state index in [-0.39, 0.29) is 0 Å². The summed E-state index contributed by atoms with van der Waals surface area (Å²) in [5.41, 5.74) is 7.79. The highest BCUT2D eigenvalue weighted by molar-refractivity contribution is 6.39. The Labute approximate surface area is 119 Å². The average molecular weight is 275 g/mol. The molecule has 5 heteroatoms. The molecule has 0 unspecified atom stereocenters. The van der Waals surface area contributed by atoms with Crippen molar-refractivity contribution in [2.75, 3.05) is 24.1 Å². The van der Waals surface area contributed by atoms with E-state index in [1.165, 1.54) is 0 Å². The van der Waals surface area contributed by atoms with Crippen LogP contribution in [-0.4, -0.2) is 29.8 Å². The summed E-state index contributed by atoms with van der Waals surface area (Å²) in [7, 11) is 0. The molecule has 3 N–H and O–H groups in total. The van der Waals surface area contributed by atoms with Crippen LogP contribution in [0.1, 0.15) is 25.3 Å². The van der Waals surface area contributed by atoms with Crippen molar-refractivity contribution in [3.05, 3.63) is 23.8 Å². The molecular formula is C15H21N3O2. The molecule has 0 bridgehead atoms. The Bertz CT molecular complexity index is 520. The molecule has 1 saturated heterocycles. The molecule has 0 saturated carbocycles. The molecule has 108 valence electrons. The van der Waals surface area contributed by atoms with Crippen molar-refractivity contribution in [3.63, 3.8) is 0 Å². The number of nitrogens with zero attached hydrogens (tertiary/aromatic N) is 1. The van der Waals surface area contributed by atoms with Gasteiger partial charge in [0, 0.05) is 13.1 Å². The lowest BCUT2D eigenvalue weighted by atomic mass is 9.99. The van der Waals surface area contributed by atoms with Crippen molar-refractivity contribution in [3.8, 4) is 0 Å². The van der Waals surface area contributed by atoms with Gasteiger partial charge in [-0.25, -0.2) is 0 Å². The number of carbonyl (C=O) groups is 2. The van der Waals surface area contributed by atoms with Crippen LogP contribution in [0.3, 0.4) is 0 Å². The third-order valence-electron chi connectivity index (χ3n) is 3.72. The summed E-state index contributed by atoms with van der Waals surface area (Å²) in [5.74, 6) is -0.471. The number of rotatable bonds is 1. The number of carbonyl (C=O) groups excluding carboxylic acids is 2. The van der Waals surface area contributed by atoms with Gasteiger partial charge < -0.3 is 16.0 Å². The van der Waals surface area contributed by atoms with Crippen LogP contribution in [0, 0.1) is 12.8 Å². The quantitative estimate of drug-likeness (QED) is 0.606. The van der Waals surface area contributed by atoms with Gasteiger partial charge in [0.1, 0.15) is 0 Å². The van der Waals surface area contributed by atoms with Crippen LogP contribution in [0.2, 0.25) is 0 Å². The number of piperidine rings is 1. The Morgan fingerprint density at radius 2 is 1.95 bits per heavy atom. The maximum Gasteiger partial charge on any atom is 0.313 e. The van der Waals surface area contributed by atoms with Gasteiger partial charge in [0.25, 0.3) is 0 Å². The molecule has 0 atom stereocenters. The number of nitrogens with two attached hydrogens (primary N) is 1. The van der Waals surface area contributed by atoms with Crippen LogP contribution in [0.25, 0.3) is 0 Å². The predicted molar refractivity (Wildman–Crippen MR) is 79.2 cm³/mol. The molecule has 1 aromatic carbocycles. The molecule has 2 amide bonds. The van der Waals surface area contributed by atoms with E-state index in [1.807, 2.05) is 13.0 Å². The fourth-order valence-electron chi connectivity index (χ4n) is 2.33. The highest BCUT2D eigenvalue weighted by Gasteiger charge is 2.25. The average Bonchev–Trinajstić information content (AvgIpc) is 2.42. The highest BCUT2D eigenvalue weighted by atomic mass is 16.2. The Morgan fingerprint density at radius 1 is 1.30 bits per heavy atom. The van der Waals surface area contributed by atoms with Crippen molar-refractivity contribution in [2.45, 2.75) is 26.7 Å². The first kappa shape index (κ1) is 14.4. The normalized spacial score (nSPS) is 16.0. The molecular weight excluding hydrogens is 254 g/mol. The minimum atomic E-state index is -0.616. The number of benzene rings is 1. The monoisotopic (exact) mass is 275 g/mol. The molecule has 1 aliphatic rings. The van der Waals surface area contributed by atoms with E-state index in [0.717, 1.165) is 18.4 Å². The van der Waals surface area contributed by atoms with E-state index in [9.17, 15) is 9.59 Å². The van der Waals surface area contributed by atoms with Crippen LogP contribution in [0.5, 0.6) is 0 Å². The lowest BCUT2D eigenvalue weighted by Gasteiger charge is -2.29. The number of amides is 2. The minimum absolute atomic E-state index is 0.471. The van der Waals surface area contributed by atoms with Crippen molar-refractivity contribution in [2.24, 2.45) is 5.92 Å². The van der Waals surface area contributed by atoms with E-state index in [4.69, 9.17) is 5.73 Å². The summed E-state index contributed by atoms with van der Waals surface area (Å²) in [4.78, 5) is 25.6. The third-order valence-corrected chi connectivity index (χ3v) is 3.72. The Balaban J connectivity index is 1.99. The summed E-state index contributed by atoms with van der Waals surface area (Å²) in [6, 6.07) is 5.33. The largest absolute Gasteiger partial charge is 0.397 e. The molecule has 0 aromatic heterocycles. The lowest BCUT2D eigenvalue weighted by Crippen LogP contribution is -2.43. The third kappa shape index (κ3) is 3.29. The van der Waals surface area contributed by atoms with Gasteiger partial charge in [-0.15, -0.1) is 0 Å². The van der Waals surface area contributed by atoms with Crippen molar-refractivity contribution in [1.82, 2.24) is 4.90 Å². The number of anilines is 2. The summed E-state index contributed by atoms with van der Waals surface area (Å²) >= 11 is 0. The first-order chi connectivity index (χ1) is 9.47. The molecule has 0 spiro atoms. The molecule has 1 aromatic rings. The zero-order chi connectivity index (χ0) is 14.7. The van der Waals surface area contributed by atoms with Crippen LogP contribution >= 0.6 is 0 Å². The number of hydrogen-bond acceptors (Lipinski definition) is 3. The molecule has 2 rings (SSSR count). The number of likely N-dealkylation sites (tertiary alicyclic amines) is 1.